The van der Waals surface area contributed by atoms with Crippen molar-refractivity contribution in [3.63, 3.8) is 0 Å². The predicted octanol–water partition coefficient (Wildman–Crippen LogP) is 4.59. The number of nitro groups is 1. The number of rotatable bonds is 3. The molecular weight excluding hydrogens is 273 g/mol. The molecule has 1 aromatic rings. The Morgan fingerprint density at radius 2 is 2.06 bits per heavy atom. The van der Waals surface area contributed by atoms with Gasteiger partial charge >= 0.3 is 0 Å². The third-order valence-corrected chi connectivity index (χ3v) is 4.50. The minimum absolute atomic E-state index is 0.106. The maximum atomic E-state index is 11.0. The van der Waals surface area contributed by atoms with Gasteiger partial charge in [-0.05, 0) is 31.2 Å². The van der Waals surface area contributed by atoms with Gasteiger partial charge < -0.3 is 0 Å². The van der Waals surface area contributed by atoms with E-state index in [9.17, 15) is 10.1 Å². The van der Waals surface area contributed by atoms with Crippen molar-refractivity contribution in [1.29, 1.82) is 0 Å². The molecule has 0 bridgehead atoms. The van der Waals surface area contributed by atoms with E-state index in [1.807, 2.05) is 0 Å². The fraction of sp³-hybridized carbons (Fsp3) is 0.538. The number of nitrogens with zero attached hydrogens (tertiary/aromatic N) is 1. The van der Waals surface area contributed by atoms with Gasteiger partial charge in [0.05, 0.1) is 9.95 Å². The molecule has 98 valence electrons. The van der Waals surface area contributed by atoms with Gasteiger partial charge in [-0.3, -0.25) is 10.1 Å². The molecule has 0 spiro atoms. The molecule has 0 amide bonds. The second kappa shape index (κ2) is 5.89. The smallest absolute Gasteiger partial charge is 0.258 e. The van der Waals surface area contributed by atoms with Crippen molar-refractivity contribution in [1.82, 2.24) is 0 Å². The lowest BCUT2D eigenvalue weighted by Gasteiger charge is -2.27. The average Bonchev–Trinajstić information content (AvgIpc) is 2.34. The van der Waals surface area contributed by atoms with Crippen molar-refractivity contribution < 1.29 is 4.92 Å². The van der Waals surface area contributed by atoms with Crippen molar-refractivity contribution in [3.8, 4) is 0 Å². The molecule has 1 fully saturated rings. The standard InChI is InChI=1S/C13H15Cl2NO2/c14-11-5-2-1-4-9(11)8-10-12(15)6-3-7-13(10)16(17)18/h3,6-7,9,11H,1-2,4-5,8H2. The largest absolute Gasteiger partial charge is 0.274 e. The summed E-state index contributed by atoms with van der Waals surface area (Å²) >= 11 is 12.4. The first-order valence-electron chi connectivity index (χ1n) is 6.15. The summed E-state index contributed by atoms with van der Waals surface area (Å²) in [6.07, 6.45) is 4.91. The van der Waals surface area contributed by atoms with Crippen molar-refractivity contribution in [2.45, 2.75) is 37.5 Å². The lowest BCUT2D eigenvalue weighted by atomic mass is 9.84. The second-order valence-corrected chi connectivity index (χ2v) is 5.73. The molecule has 1 aromatic carbocycles. The van der Waals surface area contributed by atoms with E-state index in [0.717, 1.165) is 25.7 Å². The van der Waals surface area contributed by atoms with E-state index in [1.54, 1.807) is 12.1 Å². The highest BCUT2D eigenvalue weighted by molar-refractivity contribution is 6.31. The molecule has 0 heterocycles. The molecule has 2 unspecified atom stereocenters. The summed E-state index contributed by atoms with van der Waals surface area (Å²) in [6, 6.07) is 4.83. The number of alkyl halides is 1. The topological polar surface area (TPSA) is 43.1 Å². The molecule has 0 aromatic heterocycles. The van der Waals surface area contributed by atoms with E-state index in [4.69, 9.17) is 23.2 Å². The first-order valence-corrected chi connectivity index (χ1v) is 6.97. The van der Waals surface area contributed by atoms with Crippen LogP contribution in [0.15, 0.2) is 18.2 Å². The van der Waals surface area contributed by atoms with E-state index in [-0.39, 0.29) is 16.0 Å². The zero-order chi connectivity index (χ0) is 13.1. The Labute approximate surface area is 116 Å². The maximum absolute atomic E-state index is 11.0. The molecule has 2 atom stereocenters. The Balaban J connectivity index is 2.24. The van der Waals surface area contributed by atoms with E-state index in [2.05, 4.69) is 0 Å². The summed E-state index contributed by atoms with van der Waals surface area (Å²) < 4.78 is 0. The second-order valence-electron chi connectivity index (χ2n) is 4.76. The summed E-state index contributed by atoms with van der Waals surface area (Å²) in [6.45, 7) is 0. The van der Waals surface area contributed by atoms with Crippen LogP contribution in [0.2, 0.25) is 5.02 Å². The van der Waals surface area contributed by atoms with Gasteiger partial charge in [-0.25, -0.2) is 0 Å². The summed E-state index contributed by atoms with van der Waals surface area (Å²) in [4.78, 5) is 10.6. The van der Waals surface area contributed by atoms with Crippen molar-refractivity contribution in [2.75, 3.05) is 0 Å². The lowest BCUT2D eigenvalue weighted by Crippen LogP contribution is -2.22. The van der Waals surface area contributed by atoms with Crippen LogP contribution in [-0.2, 0) is 6.42 Å². The fourth-order valence-corrected chi connectivity index (χ4v) is 3.19. The van der Waals surface area contributed by atoms with E-state index in [1.165, 1.54) is 6.07 Å². The van der Waals surface area contributed by atoms with Crippen LogP contribution in [0.4, 0.5) is 5.69 Å². The number of halogens is 2. The van der Waals surface area contributed by atoms with Crippen molar-refractivity contribution >= 4 is 28.9 Å². The highest BCUT2D eigenvalue weighted by atomic mass is 35.5. The van der Waals surface area contributed by atoms with E-state index < -0.39 is 0 Å². The quantitative estimate of drug-likeness (QED) is 0.464. The van der Waals surface area contributed by atoms with E-state index in [0.29, 0.717) is 22.9 Å². The highest BCUT2D eigenvalue weighted by Crippen LogP contribution is 2.35. The lowest BCUT2D eigenvalue weighted by molar-refractivity contribution is -0.385. The van der Waals surface area contributed by atoms with Gasteiger partial charge in [0, 0.05) is 17.0 Å². The van der Waals surface area contributed by atoms with Gasteiger partial charge in [-0.15, -0.1) is 11.6 Å². The summed E-state index contributed by atoms with van der Waals surface area (Å²) in [5.41, 5.74) is 0.735. The normalized spacial score (nSPS) is 23.9. The van der Waals surface area contributed by atoms with Gasteiger partial charge in [-0.1, -0.05) is 30.5 Å². The first-order chi connectivity index (χ1) is 8.59. The SMILES string of the molecule is O=[N+]([O-])c1cccc(Cl)c1CC1CCCCC1Cl. The summed E-state index contributed by atoms with van der Waals surface area (Å²) in [5.74, 6) is 0.291. The zero-order valence-corrected chi connectivity index (χ0v) is 11.5. The van der Waals surface area contributed by atoms with Crippen LogP contribution in [-0.4, -0.2) is 10.3 Å². The molecule has 3 nitrogen and oxygen atoms in total. The van der Waals surface area contributed by atoms with Crippen LogP contribution < -0.4 is 0 Å². The molecule has 1 aliphatic carbocycles. The van der Waals surface area contributed by atoms with Gasteiger partial charge in [0.25, 0.3) is 5.69 Å². The third-order valence-electron chi connectivity index (χ3n) is 3.57. The Morgan fingerprint density at radius 1 is 1.33 bits per heavy atom. The molecule has 0 saturated heterocycles. The van der Waals surface area contributed by atoms with Crippen molar-refractivity contribution in [3.05, 3.63) is 38.9 Å². The van der Waals surface area contributed by atoms with Crippen LogP contribution in [0.25, 0.3) is 0 Å². The molecule has 1 saturated carbocycles. The number of hydrogen-bond acceptors (Lipinski definition) is 2. The first kappa shape index (κ1) is 13.6. The Bertz CT molecular complexity index is 451. The molecule has 1 aliphatic rings. The fourth-order valence-electron chi connectivity index (χ4n) is 2.57. The number of nitro benzene ring substituents is 1. The van der Waals surface area contributed by atoms with Crippen molar-refractivity contribution in [2.24, 2.45) is 5.92 Å². The Kier molecular flexibility index (Phi) is 4.46. The Morgan fingerprint density at radius 3 is 2.72 bits per heavy atom. The highest BCUT2D eigenvalue weighted by Gasteiger charge is 2.27. The van der Waals surface area contributed by atoms with E-state index >= 15 is 0 Å². The van der Waals surface area contributed by atoms with Crippen LogP contribution in [0, 0.1) is 16.0 Å². The molecule has 5 heteroatoms. The van der Waals surface area contributed by atoms with Gasteiger partial charge in [0.2, 0.25) is 0 Å². The minimum Gasteiger partial charge on any atom is -0.258 e. The molecule has 18 heavy (non-hydrogen) atoms. The molecule has 0 aliphatic heterocycles. The van der Waals surface area contributed by atoms with Crippen LogP contribution >= 0.6 is 23.2 Å². The minimum atomic E-state index is -0.368. The van der Waals surface area contributed by atoms with Gasteiger partial charge in [0.15, 0.2) is 0 Å². The Hall–Kier alpha value is -0.800. The van der Waals surface area contributed by atoms with Crippen LogP contribution in [0.1, 0.15) is 31.2 Å². The number of hydrogen-bond donors (Lipinski definition) is 0. The average molecular weight is 288 g/mol. The number of benzene rings is 1. The van der Waals surface area contributed by atoms with Gasteiger partial charge in [-0.2, -0.15) is 0 Å². The van der Waals surface area contributed by atoms with Crippen LogP contribution in [0.5, 0.6) is 0 Å². The van der Waals surface area contributed by atoms with Gasteiger partial charge in [0.1, 0.15) is 0 Å². The molecular formula is C13H15Cl2NO2. The maximum Gasteiger partial charge on any atom is 0.274 e. The monoisotopic (exact) mass is 287 g/mol. The molecule has 2 rings (SSSR count). The summed E-state index contributed by atoms with van der Waals surface area (Å²) in [5, 5.41) is 11.6. The van der Waals surface area contributed by atoms with Crippen LogP contribution in [0.3, 0.4) is 0 Å². The predicted molar refractivity (Wildman–Crippen MR) is 73.4 cm³/mol. The third kappa shape index (κ3) is 2.96. The summed E-state index contributed by atoms with van der Waals surface area (Å²) in [7, 11) is 0. The zero-order valence-electron chi connectivity index (χ0n) is 9.94. The molecule has 0 radical (unpaired) electrons. The molecule has 0 N–H and O–H groups in total.